The molecule has 210 valence electrons. The van der Waals surface area contributed by atoms with Crippen LogP contribution in [0.5, 0.6) is 0 Å². The molecule has 3 N–H and O–H groups in total. The number of nitrogens with one attached hydrogen (secondary N) is 1. The van der Waals surface area contributed by atoms with Crippen LogP contribution in [0, 0.1) is 6.92 Å². The number of carbonyl (C=O) groups is 1. The molecule has 0 radical (unpaired) electrons. The number of piperidine rings is 1. The molecule has 2 aliphatic rings. The van der Waals surface area contributed by atoms with Gasteiger partial charge in [0, 0.05) is 52.7 Å². The molecule has 5 aromatic heterocycles. The van der Waals surface area contributed by atoms with Gasteiger partial charge in [-0.25, -0.2) is 18.4 Å². The van der Waals surface area contributed by atoms with Crippen molar-refractivity contribution in [2.24, 2.45) is 0 Å². The van der Waals surface area contributed by atoms with E-state index in [0.29, 0.717) is 29.7 Å². The third-order valence-electron chi connectivity index (χ3n) is 7.92. The monoisotopic (exact) mass is 590 g/mol. The molecule has 0 unspecified atom stereocenters. The highest BCUT2D eigenvalue weighted by atomic mass is 32.2. The number of pyridine rings is 1. The molecule has 5 aromatic rings. The number of amides is 1. The Balaban J connectivity index is 1.28. The van der Waals surface area contributed by atoms with Gasteiger partial charge >= 0.3 is 0 Å². The van der Waals surface area contributed by atoms with Gasteiger partial charge in [-0.3, -0.25) is 9.78 Å². The van der Waals surface area contributed by atoms with Crippen LogP contribution in [0.1, 0.15) is 53.6 Å². The summed E-state index contributed by atoms with van der Waals surface area (Å²) >= 11 is 1.53. The Labute approximate surface area is 238 Å². The Kier molecular flexibility index (Phi) is 5.90. The maximum atomic E-state index is 13.1. The highest BCUT2D eigenvalue weighted by Crippen LogP contribution is 2.45. The lowest BCUT2D eigenvalue weighted by Crippen LogP contribution is -2.46. The summed E-state index contributed by atoms with van der Waals surface area (Å²) < 4.78 is 27.5. The first-order chi connectivity index (χ1) is 19.7. The maximum Gasteiger partial charge on any atom is 0.292 e. The van der Waals surface area contributed by atoms with Gasteiger partial charge in [-0.15, -0.1) is 21.5 Å². The molecule has 0 aromatic carbocycles. The number of nitrogens with zero attached hydrogens (tertiary/aromatic N) is 8. The number of carbonyl (C=O) groups excluding carboxylic acids is 1. The van der Waals surface area contributed by atoms with Gasteiger partial charge in [0.1, 0.15) is 22.0 Å². The number of hydrogen-bond acceptors (Lipinski definition) is 11. The molecular weight excluding hydrogens is 564 g/mol. The Morgan fingerprint density at radius 1 is 1.15 bits per heavy atom. The standard InChI is InChI=1S/C26H26N10O3S2/c1-13-11-40-25(32-13)19-6-3-14(9-28-19)18-10-31-36-22(27)21(41(2,38)39)20(33-24(18)36)15-7-16-4-5-17(8-15)35(16)26(37)23-29-12-30-34-23/h3,6,9-12,15-17H,4-5,7-8,27H2,1-2H3,(H,29,30,34)/t15-,16-,17+. The zero-order chi connectivity index (χ0) is 28.5. The molecule has 1 amide bonds. The minimum absolute atomic E-state index is 0.00771. The molecule has 0 saturated carbocycles. The smallest absolute Gasteiger partial charge is 0.292 e. The fraction of sp³-hybridized carbons (Fsp3) is 0.346. The van der Waals surface area contributed by atoms with Gasteiger partial charge in [0.2, 0.25) is 5.82 Å². The van der Waals surface area contributed by atoms with Crippen LogP contribution in [0.2, 0.25) is 0 Å². The number of aromatic amines is 1. The normalized spacial score (nSPS) is 20.6. The van der Waals surface area contributed by atoms with E-state index in [1.54, 1.807) is 12.4 Å². The fourth-order valence-electron chi connectivity index (χ4n) is 6.19. The highest BCUT2D eigenvalue weighted by Gasteiger charge is 2.46. The van der Waals surface area contributed by atoms with Crippen LogP contribution in [0.3, 0.4) is 0 Å². The van der Waals surface area contributed by atoms with E-state index in [2.05, 4.69) is 30.2 Å². The molecule has 0 aliphatic carbocycles. The molecule has 13 nitrogen and oxygen atoms in total. The third-order valence-corrected chi connectivity index (χ3v) is 10.1. The number of sulfone groups is 1. The van der Waals surface area contributed by atoms with Crippen LogP contribution in [-0.2, 0) is 9.84 Å². The van der Waals surface area contributed by atoms with Crippen molar-refractivity contribution in [3.8, 4) is 21.8 Å². The first kappa shape index (κ1) is 25.7. The van der Waals surface area contributed by atoms with E-state index in [1.165, 1.54) is 22.2 Å². The Bertz CT molecular complexity index is 1880. The molecule has 2 fully saturated rings. The lowest BCUT2D eigenvalue weighted by Gasteiger charge is -2.38. The van der Waals surface area contributed by atoms with Crippen molar-refractivity contribution in [3.05, 3.63) is 53.4 Å². The average molecular weight is 591 g/mol. The summed E-state index contributed by atoms with van der Waals surface area (Å²) in [6.45, 7) is 1.94. The largest absolute Gasteiger partial charge is 0.382 e. The number of rotatable bonds is 5. The molecule has 41 heavy (non-hydrogen) atoms. The SMILES string of the molecule is Cc1csc(-c2ccc(-c3cnn4c(N)c(S(C)(=O)=O)c([C@@H]5C[C@H]6CC[C@@H](C5)N6C(=O)c5nnc[nH]5)nc34)cn2)n1. The number of aromatic nitrogens is 8. The van der Waals surface area contributed by atoms with Crippen molar-refractivity contribution in [2.45, 2.75) is 55.5 Å². The van der Waals surface area contributed by atoms with Gasteiger partial charge in [0.05, 0.1) is 17.6 Å². The summed E-state index contributed by atoms with van der Waals surface area (Å²) in [4.78, 5) is 31.8. The van der Waals surface area contributed by atoms with E-state index in [0.717, 1.165) is 41.1 Å². The maximum absolute atomic E-state index is 13.1. The summed E-state index contributed by atoms with van der Waals surface area (Å²) in [6, 6.07) is 3.68. The van der Waals surface area contributed by atoms with Gasteiger partial charge in [0.25, 0.3) is 5.91 Å². The van der Waals surface area contributed by atoms with Gasteiger partial charge < -0.3 is 15.6 Å². The Morgan fingerprint density at radius 2 is 1.93 bits per heavy atom. The summed E-state index contributed by atoms with van der Waals surface area (Å²) in [7, 11) is -3.74. The zero-order valence-electron chi connectivity index (χ0n) is 22.2. The lowest BCUT2D eigenvalue weighted by molar-refractivity contribution is 0.0556. The van der Waals surface area contributed by atoms with Crippen molar-refractivity contribution in [3.63, 3.8) is 0 Å². The van der Waals surface area contributed by atoms with Gasteiger partial charge in [-0.05, 0) is 38.7 Å². The van der Waals surface area contributed by atoms with E-state index in [9.17, 15) is 13.2 Å². The molecule has 15 heteroatoms. The second-order valence-corrected chi connectivity index (χ2v) is 13.4. The Hall–Kier alpha value is -4.24. The lowest BCUT2D eigenvalue weighted by atomic mass is 9.87. The molecule has 7 rings (SSSR count). The predicted molar refractivity (Wildman–Crippen MR) is 151 cm³/mol. The predicted octanol–water partition coefficient (Wildman–Crippen LogP) is 2.88. The van der Waals surface area contributed by atoms with Gasteiger partial charge in [0.15, 0.2) is 15.5 Å². The minimum atomic E-state index is -3.74. The number of thiazole rings is 1. The van der Waals surface area contributed by atoms with Gasteiger partial charge in [-0.2, -0.15) is 9.61 Å². The molecule has 2 aliphatic heterocycles. The van der Waals surface area contributed by atoms with E-state index in [-0.39, 0.29) is 40.4 Å². The second-order valence-electron chi connectivity index (χ2n) is 10.6. The summed E-state index contributed by atoms with van der Waals surface area (Å²) in [5.74, 6) is -0.176. The molecule has 2 saturated heterocycles. The second kappa shape index (κ2) is 9.41. The minimum Gasteiger partial charge on any atom is -0.382 e. The fourth-order valence-corrected chi connectivity index (χ4v) is 8.03. The highest BCUT2D eigenvalue weighted by molar-refractivity contribution is 7.91. The van der Waals surface area contributed by atoms with E-state index >= 15 is 0 Å². The zero-order valence-corrected chi connectivity index (χ0v) is 23.9. The van der Waals surface area contributed by atoms with E-state index in [1.807, 2.05) is 29.3 Å². The number of anilines is 1. The number of nitrogens with two attached hydrogens (primary N) is 1. The van der Waals surface area contributed by atoms with Crippen molar-refractivity contribution in [2.75, 3.05) is 12.0 Å². The van der Waals surface area contributed by atoms with Gasteiger partial charge in [-0.1, -0.05) is 6.07 Å². The van der Waals surface area contributed by atoms with Crippen molar-refractivity contribution >= 4 is 38.5 Å². The number of aryl methyl sites for hydroxylation is 1. The average Bonchev–Trinajstić information content (AvgIpc) is 3.74. The molecule has 0 spiro atoms. The van der Waals surface area contributed by atoms with Crippen molar-refractivity contribution in [1.82, 2.24) is 44.6 Å². The summed E-state index contributed by atoms with van der Waals surface area (Å²) in [5.41, 5.74) is 10.5. The van der Waals surface area contributed by atoms with Crippen molar-refractivity contribution in [1.29, 1.82) is 0 Å². The number of hydrogen-bond donors (Lipinski definition) is 2. The van der Waals surface area contributed by atoms with Crippen LogP contribution >= 0.6 is 11.3 Å². The third kappa shape index (κ3) is 4.26. The van der Waals surface area contributed by atoms with Crippen LogP contribution in [0.4, 0.5) is 5.82 Å². The molecular formula is C26H26N10O3S2. The van der Waals surface area contributed by atoms with Crippen LogP contribution < -0.4 is 5.73 Å². The topological polar surface area (TPSA) is 178 Å². The quantitative estimate of drug-likeness (QED) is 0.309. The molecule has 7 heterocycles. The Morgan fingerprint density at radius 3 is 2.54 bits per heavy atom. The van der Waals surface area contributed by atoms with E-state index < -0.39 is 9.84 Å². The van der Waals surface area contributed by atoms with E-state index in [4.69, 9.17) is 10.7 Å². The van der Waals surface area contributed by atoms with Crippen LogP contribution in [0.15, 0.2) is 41.1 Å². The molecule has 3 atom stereocenters. The van der Waals surface area contributed by atoms with Crippen LogP contribution in [0.25, 0.3) is 27.5 Å². The molecule has 2 bridgehead atoms. The number of nitrogen functional groups attached to an aromatic ring is 1. The first-order valence-corrected chi connectivity index (χ1v) is 15.9. The summed E-state index contributed by atoms with van der Waals surface area (Å²) in [5, 5.41) is 14.8. The van der Waals surface area contributed by atoms with Crippen molar-refractivity contribution < 1.29 is 13.2 Å². The summed E-state index contributed by atoms with van der Waals surface area (Å²) in [6.07, 6.45) is 8.65. The number of fused-ring (bicyclic) bond motifs is 3. The number of H-pyrrole nitrogens is 1. The van der Waals surface area contributed by atoms with Crippen LogP contribution in [-0.4, -0.2) is 77.3 Å². The first-order valence-electron chi connectivity index (χ1n) is 13.1.